The van der Waals surface area contributed by atoms with Crippen LogP contribution in [0.1, 0.15) is 136 Å². The monoisotopic (exact) mass is 735 g/mol. The summed E-state index contributed by atoms with van der Waals surface area (Å²) >= 11 is 0. The molecule has 292 valence electrons. The highest BCUT2D eigenvalue weighted by Crippen LogP contribution is 2.45. The fourth-order valence-corrected chi connectivity index (χ4v) is 9.72. The van der Waals surface area contributed by atoms with Gasteiger partial charge >= 0.3 is 0 Å². The number of carbonyl (C=O) groups is 2. The van der Waals surface area contributed by atoms with Gasteiger partial charge in [-0.2, -0.15) is 0 Å². The first-order valence-electron chi connectivity index (χ1n) is 20.6. The average molecular weight is 735 g/mol. The largest absolute Gasteiger partial charge is 0.387 e. The number of amides is 2. The Morgan fingerprint density at radius 2 is 0.870 bits per heavy atom. The maximum absolute atomic E-state index is 15.3. The second-order valence-electron chi connectivity index (χ2n) is 18.2. The van der Waals surface area contributed by atoms with Crippen molar-refractivity contribution < 1.29 is 19.8 Å². The molecule has 0 heterocycles. The third kappa shape index (κ3) is 9.20. The lowest BCUT2D eigenvalue weighted by atomic mass is 9.70. The molecule has 4 aromatic carbocycles. The number of hydrogen-bond donors (Lipinski definition) is 4. The second-order valence-corrected chi connectivity index (χ2v) is 18.2. The van der Waals surface area contributed by atoms with E-state index in [0.717, 1.165) is 51.9 Å². The molecule has 1 aliphatic carbocycles. The van der Waals surface area contributed by atoms with E-state index in [1.807, 2.05) is 48.5 Å². The van der Waals surface area contributed by atoms with Crippen molar-refractivity contribution in [3.63, 3.8) is 0 Å². The lowest BCUT2D eigenvalue weighted by Gasteiger charge is -2.44. The van der Waals surface area contributed by atoms with E-state index in [1.165, 1.54) is 0 Å². The van der Waals surface area contributed by atoms with Crippen LogP contribution in [0.5, 0.6) is 0 Å². The molecule has 1 aliphatic rings. The summed E-state index contributed by atoms with van der Waals surface area (Å²) in [4.78, 5) is 30.6. The highest BCUT2D eigenvalue weighted by atomic mass is 16.3. The summed E-state index contributed by atoms with van der Waals surface area (Å²) in [6, 6.07) is 26.8. The van der Waals surface area contributed by atoms with Crippen molar-refractivity contribution >= 4 is 33.4 Å². The number of nitrogens with one attached hydrogen (secondary N) is 2. The topological polar surface area (TPSA) is 98.7 Å². The third-order valence-corrected chi connectivity index (χ3v) is 11.5. The predicted molar refractivity (Wildman–Crippen MR) is 223 cm³/mol. The number of fused-ring (bicyclic) bond motifs is 2. The van der Waals surface area contributed by atoms with Crippen LogP contribution in [0.4, 0.5) is 0 Å². The standard InChI is InChI=1S/C48H66N2O4/c1-32(2)28-47(53,29-33(3)4)42(40-24-16-20-36-18-10-12-22-38(36)40)49-44(51)46(26-14-9-15-27-46)45(52)50-43(48(54,30-34(5)6)31-35(7)8)41-25-17-21-37-19-11-13-23-39(37)41/h10-13,16-25,32-35,42-43,53-54H,9,14-15,26-31H2,1-8H3,(H,49,51)(H,50,52)/t42-,43-/m0/s1. The van der Waals surface area contributed by atoms with Gasteiger partial charge in [-0.3, -0.25) is 9.59 Å². The molecule has 6 nitrogen and oxygen atoms in total. The number of aliphatic hydroxyl groups is 2. The van der Waals surface area contributed by atoms with Gasteiger partial charge < -0.3 is 20.8 Å². The first kappa shape index (κ1) is 41.4. The van der Waals surface area contributed by atoms with E-state index in [-0.39, 0.29) is 35.5 Å². The molecule has 0 radical (unpaired) electrons. The maximum Gasteiger partial charge on any atom is 0.236 e. The molecule has 2 amide bonds. The molecule has 0 bridgehead atoms. The van der Waals surface area contributed by atoms with Gasteiger partial charge in [0.1, 0.15) is 5.41 Å². The smallest absolute Gasteiger partial charge is 0.236 e. The molecule has 0 aromatic heterocycles. The quantitative estimate of drug-likeness (QED) is 0.0862. The fourth-order valence-electron chi connectivity index (χ4n) is 9.72. The maximum atomic E-state index is 15.3. The molecule has 0 saturated heterocycles. The summed E-state index contributed by atoms with van der Waals surface area (Å²) in [5.41, 5.74) is -2.21. The minimum absolute atomic E-state index is 0.163. The van der Waals surface area contributed by atoms with E-state index < -0.39 is 28.7 Å². The van der Waals surface area contributed by atoms with Crippen molar-refractivity contribution in [2.45, 2.75) is 136 Å². The molecule has 1 fully saturated rings. The van der Waals surface area contributed by atoms with Crippen molar-refractivity contribution in [2.75, 3.05) is 0 Å². The van der Waals surface area contributed by atoms with Crippen molar-refractivity contribution in [1.29, 1.82) is 0 Å². The second kappa shape index (κ2) is 17.4. The minimum Gasteiger partial charge on any atom is -0.387 e. The summed E-state index contributed by atoms with van der Waals surface area (Å²) in [5.74, 6) is -0.0487. The molecule has 0 aliphatic heterocycles. The molecule has 1 saturated carbocycles. The van der Waals surface area contributed by atoms with E-state index in [0.29, 0.717) is 38.5 Å². The number of hydrogen-bond acceptors (Lipinski definition) is 4. The zero-order chi connectivity index (χ0) is 39.3. The van der Waals surface area contributed by atoms with Gasteiger partial charge in [-0.25, -0.2) is 0 Å². The van der Waals surface area contributed by atoms with E-state index in [9.17, 15) is 10.2 Å². The summed E-state index contributed by atoms with van der Waals surface area (Å²) in [6.07, 6.45) is 5.16. The summed E-state index contributed by atoms with van der Waals surface area (Å²) < 4.78 is 0. The van der Waals surface area contributed by atoms with Gasteiger partial charge in [0.2, 0.25) is 11.8 Å². The van der Waals surface area contributed by atoms with Gasteiger partial charge in [-0.05, 0) is 94.9 Å². The molecule has 4 N–H and O–H groups in total. The predicted octanol–water partition coefficient (Wildman–Crippen LogP) is 10.6. The van der Waals surface area contributed by atoms with Crippen molar-refractivity contribution in [3.8, 4) is 0 Å². The summed E-state index contributed by atoms with van der Waals surface area (Å²) in [6.45, 7) is 16.8. The van der Waals surface area contributed by atoms with Crippen molar-refractivity contribution in [1.82, 2.24) is 10.6 Å². The molecule has 2 atom stereocenters. The lowest BCUT2D eigenvalue weighted by molar-refractivity contribution is -0.151. The van der Waals surface area contributed by atoms with E-state index in [1.54, 1.807) is 0 Å². The first-order valence-corrected chi connectivity index (χ1v) is 20.6. The Morgan fingerprint density at radius 3 is 1.22 bits per heavy atom. The van der Waals surface area contributed by atoms with Crippen LogP contribution in [-0.4, -0.2) is 33.2 Å². The molecule has 54 heavy (non-hydrogen) atoms. The van der Waals surface area contributed by atoms with Crippen LogP contribution in [-0.2, 0) is 9.59 Å². The van der Waals surface area contributed by atoms with Gasteiger partial charge in [0.25, 0.3) is 0 Å². The van der Waals surface area contributed by atoms with E-state index >= 15 is 9.59 Å². The summed E-state index contributed by atoms with van der Waals surface area (Å²) in [7, 11) is 0. The van der Waals surface area contributed by atoms with Crippen LogP contribution in [0.2, 0.25) is 0 Å². The number of carbonyl (C=O) groups excluding carboxylic acids is 2. The molecule has 0 unspecified atom stereocenters. The number of benzene rings is 4. The van der Waals surface area contributed by atoms with Crippen LogP contribution in [0.25, 0.3) is 21.5 Å². The number of rotatable bonds is 16. The minimum atomic E-state index is -1.38. The van der Waals surface area contributed by atoms with E-state index in [2.05, 4.69) is 102 Å². The third-order valence-electron chi connectivity index (χ3n) is 11.5. The van der Waals surface area contributed by atoms with Crippen LogP contribution in [0.15, 0.2) is 84.9 Å². The Hall–Kier alpha value is -3.74. The van der Waals surface area contributed by atoms with Crippen LogP contribution >= 0.6 is 0 Å². The highest BCUT2D eigenvalue weighted by molar-refractivity contribution is 6.06. The Kier molecular flexibility index (Phi) is 13.3. The molecule has 0 spiro atoms. The average Bonchev–Trinajstić information content (AvgIpc) is 3.11. The van der Waals surface area contributed by atoms with Gasteiger partial charge in [-0.15, -0.1) is 0 Å². The van der Waals surface area contributed by atoms with Crippen molar-refractivity contribution in [2.24, 2.45) is 29.1 Å². The Morgan fingerprint density at radius 1 is 0.537 bits per heavy atom. The normalized spacial score (nSPS) is 16.3. The van der Waals surface area contributed by atoms with Crippen LogP contribution in [0.3, 0.4) is 0 Å². The molecule has 5 rings (SSSR count). The lowest BCUT2D eigenvalue weighted by Crippen LogP contribution is -2.58. The van der Waals surface area contributed by atoms with Gasteiger partial charge in [0, 0.05) is 0 Å². The summed E-state index contributed by atoms with van der Waals surface area (Å²) in [5, 5.41) is 36.4. The Labute approximate surface area is 324 Å². The van der Waals surface area contributed by atoms with E-state index in [4.69, 9.17) is 0 Å². The molecular weight excluding hydrogens is 669 g/mol. The van der Waals surface area contributed by atoms with Crippen molar-refractivity contribution in [3.05, 3.63) is 96.1 Å². The molecular formula is C48H66N2O4. The molecule has 6 heteroatoms. The van der Waals surface area contributed by atoms with Gasteiger partial charge in [0.05, 0.1) is 23.3 Å². The fraction of sp³-hybridized carbons (Fsp3) is 0.542. The van der Waals surface area contributed by atoms with Gasteiger partial charge in [-0.1, -0.05) is 160 Å². The zero-order valence-electron chi connectivity index (χ0n) is 34.1. The first-order chi connectivity index (χ1) is 25.6. The Balaban J connectivity index is 1.64. The highest BCUT2D eigenvalue weighted by Gasteiger charge is 2.52. The SMILES string of the molecule is CC(C)CC(O)(CC(C)C)[C@@H](NC(=O)C1(C(=O)N[C@@H](c2cccc3ccccc23)C(O)(CC(C)C)CC(C)C)CCCCC1)c1cccc2ccccc12. The molecule has 4 aromatic rings. The Bertz CT molecular complexity index is 1710. The van der Waals surface area contributed by atoms with Gasteiger partial charge in [0.15, 0.2) is 0 Å². The zero-order valence-corrected chi connectivity index (χ0v) is 34.1. The van der Waals surface area contributed by atoms with Crippen LogP contribution < -0.4 is 10.6 Å². The van der Waals surface area contributed by atoms with Crippen LogP contribution in [0, 0.1) is 29.1 Å².